The first-order chi connectivity index (χ1) is 6.77. The van der Waals surface area contributed by atoms with Crippen LogP contribution in [0.25, 0.3) is 0 Å². The van der Waals surface area contributed by atoms with Crippen molar-refractivity contribution >= 4 is 17.7 Å². The molecule has 2 N–H and O–H groups in total. The minimum atomic E-state index is -0.315. The third-order valence-corrected chi connectivity index (χ3v) is 3.88. The van der Waals surface area contributed by atoms with E-state index in [1.165, 1.54) is 17.9 Å². The van der Waals surface area contributed by atoms with Gasteiger partial charge in [0.1, 0.15) is 0 Å². The molecule has 4 nitrogen and oxygen atoms in total. The molecule has 0 radical (unpaired) electrons. The van der Waals surface area contributed by atoms with Gasteiger partial charge in [0.05, 0.1) is 12.6 Å². The third-order valence-electron chi connectivity index (χ3n) is 2.74. The predicted molar refractivity (Wildman–Crippen MR) is 59.8 cm³/mol. The summed E-state index contributed by atoms with van der Waals surface area (Å²) in [6.07, 6.45) is 0.926. The molecule has 5 heteroatoms. The lowest BCUT2D eigenvalue weighted by Gasteiger charge is -2.30. The van der Waals surface area contributed by atoms with Crippen molar-refractivity contribution in [3.8, 4) is 0 Å². The zero-order valence-corrected chi connectivity index (χ0v) is 9.26. The number of aliphatic hydroxyl groups excluding tert-OH is 1. The lowest BCUT2D eigenvalue weighted by molar-refractivity contribution is 0.176. The van der Waals surface area contributed by atoms with Crippen LogP contribution in [0.2, 0.25) is 0 Å². The Bertz CT molecular complexity index is 228. The zero-order valence-electron chi connectivity index (χ0n) is 8.44. The first kappa shape index (κ1) is 10.1. The first-order valence-electron chi connectivity index (χ1n) is 5.04. The van der Waals surface area contributed by atoms with Gasteiger partial charge in [0.2, 0.25) is 0 Å². The number of nitrogens with one attached hydrogen (secondary N) is 1. The highest BCUT2D eigenvalue weighted by atomic mass is 32.2. The van der Waals surface area contributed by atoms with E-state index in [0.29, 0.717) is 19.1 Å². The Morgan fingerprint density at radius 2 is 2.50 bits per heavy atom. The summed E-state index contributed by atoms with van der Waals surface area (Å²) in [7, 11) is 2.08. The second-order valence-corrected chi connectivity index (χ2v) is 4.98. The van der Waals surface area contributed by atoms with Crippen LogP contribution in [0.3, 0.4) is 0 Å². The average molecular weight is 215 g/mol. The van der Waals surface area contributed by atoms with E-state index in [1.54, 1.807) is 0 Å². The largest absolute Gasteiger partial charge is 0.389 e. The molecule has 0 spiro atoms. The van der Waals surface area contributed by atoms with Crippen LogP contribution in [-0.2, 0) is 0 Å². The van der Waals surface area contributed by atoms with Crippen molar-refractivity contribution < 1.29 is 5.11 Å². The molecule has 0 bridgehead atoms. The van der Waals surface area contributed by atoms with Gasteiger partial charge in [-0.1, -0.05) is 0 Å². The van der Waals surface area contributed by atoms with E-state index in [0.717, 1.165) is 5.96 Å². The maximum absolute atomic E-state index is 9.28. The highest BCUT2D eigenvalue weighted by Crippen LogP contribution is 2.21. The monoisotopic (exact) mass is 215 g/mol. The normalized spacial score (nSPS) is 32.3. The topological polar surface area (TPSA) is 47.9 Å². The number of hydrogen-bond acceptors (Lipinski definition) is 5. The number of β-amino-alcohol motifs (C(OH)–C–C–N with tert-alkyl or cyclic N) is 1. The van der Waals surface area contributed by atoms with E-state index in [-0.39, 0.29) is 6.10 Å². The molecule has 2 unspecified atom stereocenters. The van der Waals surface area contributed by atoms with Crippen LogP contribution in [-0.4, -0.2) is 59.8 Å². The summed E-state index contributed by atoms with van der Waals surface area (Å²) in [6.45, 7) is 1.16. The molecule has 0 aromatic rings. The van der Waals surface area contributed by atoms with Crippen molar-refractivity contribution in [1.82, 2.24) is 10.2 Å². The molecule has 0 amide bonds. The van der Waals surface area contributed by atoms with E-state index in [4.69, 9.17) is 0 Å². The molecule has 2 heterocycles. The summed E-state index contributed by atoms with van der Waals surface area (Å²) < 4.78 is 0. The fourth-order valence-corrected chi connectivity index (χ4v) is 3.03. The molecule has 14 heavy (non-hydrogen) atoms. The quantitative estimate of drug-likeness (QED) is 0.633. The zero-order chi connectivity index (χ0) is 9.97. The van der Waals surface area contributed by atoms with Crippen LogP contribution in [0.1, 0.15) is 6.42 Å². The minimum Gasteiger partial charge on any atom is -0.389 e. The van der Waals surface area contributed by atoms with Crippen molar-refractivity contribution in [3.05, 3.63) is 0 Å². The number of nitrogens with zero attached hydrogens (tertiary/aromatic N) is 2. The lowest BCUT2D eigenvalue weighted by Crippen LogP contribution is -2.50. The van der Waals surface area contributed by atoms with E-state index in [2.05, 4.69) is 22.3 Å². The predicted octanol–water partition coefficient (Wildman–Crippen LogP) is -0.256. The number of rotatable bonds is 1. The molecular formula is C9H17N3OS. The van der Waals surface area contributed by atoms with Crippen LogP contribution in [0, 0.1) is 0 Å². The van der Waals surface area contributed by atoms with E-state index in [1.807, 2.05) is 11.8 Å². The van der Waals surface area contributed by atoms with Crippen LogP contribution in [0.5, 0.6) is 0 Å². The van der Waals surface area contributed by atoms with Gasteiger partial charge < -0.3 is 15.3 Å². The van der Waals surface area contributed by atoms with Crippen LogP contribution in [0.15, 0.2) is 4.99 Å². The van der Waals surface area contributed by atoms with Crippen molar-refractivity contribution in [2.45, 2.75) is 18.6 Å². The molecule has 80 valence electrons. The average Bonchev–Trinajstić information content (AvgIpc) is 2.71. The van der Waals surface area contributed by atoms with Gasteiger partial charge in [0.15, 0.2) is 5.96 Å². The summed E-state index contributed by atoms with van der Waals surface area (Å²) in [5.74, 6) is 3.40. The molecular weight excluding hydrogens is 198 g/mol. The number of guanidine groups is 1. The van der Waals surface area contributed by atoms with E-state index in [9.17, 15) is 5.11 Å². The number of aliphatic hydroxyl groups is 1. The molecule has 2 rings (SSSR count). The van der Waals surface area contributed by atoms with Crippen LogP contribution >= 0.6 is 11.8 Å². The van der Waals surface area contributed by atoms with E-state index < -0.39 is 0 Å². The molecule has 0 aliphatic carbocycles. The van der Waals surface area contributed by atoms with Gasteiger partial charge in [-0.15, -0.1) is 0 Å². The van der Waals surface area contributed by atoms with Gasteiger partial charge in [-0.25, -0.2) is 0 Å². The van der Waals surface area contributed by atoms with Crippen LogP contribution in [0.4, 0.5) is 0 Å². The lowest BCUT2D eigenvalue weighted by atomic mass is 10.2. The Balaban J connectivity index is 1.93. The van der Waals surface area contributed by atoms with Crippen molar-refractivity contribution in [2.24, 2.45) is 4.99 Å². The molecule has 2 aliphatic rings. The second kappa shape index (κ2) is 4.40. The van der Waals surface area contributed by atoms with Crippen LogP contribution < -0.4 is 5.32 Å². The number of thioether (sulfide) groups is 1. The van der Waals surface area contributed by atoms with Gasteiger partial charge in [0.25, 0.3) is 0 Å². The fraction of sp³-hybridized carbons (Fsp3) is 0.889. The Morgan fingerprint density at radius 3 is 3.07 bits per heavy atom. The van der Waals surface area contributed by atoms with Gasteiger partial charge in [0, 0.05) is 25.4 Å². The van der Waals surface area contributed by atoms with Gasteiger partial charge in [-0.05, 0) is 12.2 Å². The molecule has 0 aromatic heterocycles. The van der Waals surface area contributed by atoms with Crippen molar-refractivity contribution in [3.63, 3.8) is 0 Å². The highest BCUT2D eigenvalue weighted by molar-refractivity contribution is 7.99. The van der Waals surface area contributed by atoms with Gasteiger partial charge in [-0.2, -0.15) is 11.8 Å². The van der Waals surface area contributed by atoms with E-state index >= 15 is 0 Å². The molecule has 1 fully saturated rings. The SMILES string of the molecule is CN(C1=NCC(O)CN1)C1CCSC1. The maximum atomic E-state index is 9.28. The minimum absolute atomic E-state index is 0.315. The Morgan fingerprint density at radius 1 is 1.64 bits per heavy atom. The van der Waals surface area contributed by atoms with Crippen molar-refractivity contribution in [2.75, 3.05) is 31.6 Å². The third kappa shape index (κ3) is 2.15. The highest BCUT2D eigenvalue weighted by Gasteiger charge is 2.24. The Labute approximate surface area is 88.8 Å². The number of aliphatic imine (C=N–C) groups is 1. The molecule has 1 saturated heterocycles. The molecule has 0 saturated carbocycles. The Hall–Kier alpha value is -0.420. The summed E-state index contributed by atoms with van der Waals surface area (Å²) in [5, 5.41) is 12.4. The molecule has 2 aliphatic heterocycles. The molecule has 2 atom stereocenters. The second-order valence-electron chi connectivity index (χ2n) is 3.83. The first-order valence-corrected chi connectivity index (χ1v) is 6.20. The summed E-state index contributed by atoms with van der Waals surface area (Å²) in [5.41, 5.74) is 0. The summed E-state index contributed by atoms with van der Waals surface area (Å²) in [6, 6.07) is 0.612. The maximum Gasteiger partial charge on any atom is 0.194 e. The number of hydrogen-bond donors (Lipinski definition) is 2. The summed E-state index contributed by atoms with van der Waals surface area (Å²) in [4.78, 5) is 6.54. The summed E-state index contributed by atoms with van der Waals surface area (Å²) >= 11 is 2.00. The molecule has 0 aromatic carbocycles. The van der Waals surface area contributed by atoms with Gasteiger partial charge in [-0.3, -0.25) is 4.99 Å². The standard InChI is InChI=1S/C9H17N3OS/c1-12(7-2-3-14-6-7)9-10-4-8(13)5-11-9/h7-8,13H,2-6H2,1H3,(H,10,11). The fourth-order valence-electron chi connectivity index (χ4n) is 1.76. The smallest absolute Gasteiger partial charge is 0.194 e. The van der Waals surface area contributed by atoms with Crippen molar-refractivity contribution in [1.29, 1.82) is 0 Å². The Kier molecular flexibility index (Phi) is 3.18. The van der Waals surface area contributed by atoms with Gasteiger partial charge >= 0.3 is 0 Å².